The van der Waals surface area contributed by atoms with Crippen LogP contribution in [0, 0.1) is 0 Å². The van der Waals surface area contributed by atoms with E-state index in [4.69, 9.17) is 9.47 Å². The van der Waals surface area contributed by atoms with Crippen LogP contribution in [0.5, 0.6) is 0 Å². The summed E-state index contributed by atoms with van der Waals surface area (Å²) in [5, 5.41) is 5.83. The molecule has 0 aromatic heterocycles. The number of hydrogen-bond donors (Lipinski definition) is 2. The van der Waals surface area contributed by atoms with Crippen LogP contribution in [0.25, 0.3) is 0 Å². The van der Waals surface area contributed by atoms with Crippen LogP contribution < -0.4 is 10.6 Å². The molecule has 0 fully saturated rings. The summed E-state index contributed by atoms with van der Waals surface area (Å²) in [6.07, 6.45) is -0.121. The van der Waals surface area contributed by atoms with E-state index >= 15 is 0 Å². The van der Waals surface area contributed by atoms with Crippen LogP contribution in [-0.4, -0.2) is 46.4 Å². The van der Waals surface area contributed by atoms with Gasteiger partial charge in [0.1, 0.15) is 0 Å². The lowest BCUT2D eigenvalue weighted by atomic mass is 10.1. The van der Waals surface area contributed by atoms with Gasteiger partial charge in [-0.1, -0.05) is 30.3 Å². The first-order valence-electron chi connectivity index (χ1n) is 6.32. The SMILES string of the molecule is COCCNCC(=O)NCC(OC)c1ccccc1. The number of benzene rings is 1. The Labute approximate surface area is 114 Å². The average molecular weight is 266 g/mol. The molecule has 1 amide bonds. The number of carbonyl (C=O) groups is 1. The van der Waals surface area contributed by atoms with Gasteiger partial charge in [-0.2, -0.15) is 0 Å². The standard InChI is InChI=1S/C14H22N2O3/c1-18-9-8-15-11-14(17)16-10-13(19-2)12-6-4-3-5-7-12/h3-7,13,15H,8-11H2,1-2H3,(H,16,17). The molecule has 0 saturated heterocycles. The molecule has 5 heteroatoms. The molecule has 19 heavy (non-hydrogen) atoms. The number of nitrogens with one attached hydrogen (secondary N) is 2. The van der Waals surface area contributed by atoms with E-state index in [-0.39, 0.29) is 18.6 Å². The van der Waals surface area contributed by atoms with Gasteiger partial charge < -0.3 is 20.1 Å². The summed E-state index contributed by atoms with van der Waals surface area (Å²) < 4.78 is 10.3. The topological polar surface area (TPSA) is 59.6 Å². The molecule has 1 rings (SSSR count). The molecule has 1 atom stereocenters. The van der Waals surface area contributed by atoms with E-state index in [1.807, 2.05) is 30.3 Å². The maximum Gasteiger partial charge on any atom is 0.234 e. The third-order valence-corrected chi connectivity index (χ3v) is 2.71. The number of rotatable bonds is 9. The fourth-order valence-electron chi connectivity index (χ4n) is 1.65. The van der Waals surface area contributed by atoms with Gasteiger partial charge in [-0.15, -0.1) is 0 Å². The Bertz CT molecular complexity index is 357. The first-order valence-corrected chi connectivity index (χ1v) is 6.32. The van der Waals surface area contributed by atoms with E-state index < -0.39 is 0 Å². The van der Waals surface area contributed by atoms with Gasteiger partial charge in [0, 0.05) is 27.3 Å². The predicted molar refractivity (Wildman–Crippen MR) is 73.9 cm³/mol. The molecule has 2 N–H and O–H groups in total. The molecule has 106 valence electrons. The lowest BCUT2D eigenvalue weighted by Gasteiger charge is -2.16. The largest absolute Gasteiger partial charge is 0.383 e. The Balaban J connectivity index is 2.28. The lowest BCUT2D eigenvalue weighted by molar-refractivity contribution is -0.120. The van der Waals surface area contributed by atoms with Crippen LogP contribution >= 0.6 is 0 Å². The van der Waals surface area contributed by atoms with E-state index in [9.17, 15) is 4.79 Å². The van der Waals surface area contributed by atoms with Gasteiger partial charge in [-0.05, 0) is 5.56 Å². The fourth-order valence-corrected chi connectivity index (χ4v) is 1.65. The summed E-state index contributed by atoms with van der Waals surface area (Å²) in [5.74, 6) is -0.0471. The summed E-state index contributed by atoms with van der Waals surface area (Å²) in [6.45, 7) is 2.01. The van der Waals surface area contributed by atoms with Crippen molar-refractivity contribution >= 4 is 5.91 Å². The molecule has 0 saturated carbocycles. The van der Waals surface area contributed by atoms with Crippen molar-refractivity contribution in [1.82, 2.24) is 10.6 Å². The Morgan fingerprint density at radius 1 is 1.26 bits per heavy atom. The van der Waals surface area contributed by atoms with Crippen LogP contribution in [-0.2, 0) is 14.3 Å². The molecular formula is C14H22N2O3. The predicted octanol–water partition coefficient (Wildman–Crippen LogP) is 0.726. The summed E-state index contributed by atoms with van der Waals surface area (Å²) in [7, 11) is 3.27. The summed E-state index contributed by atoms with van der Waals surface area (Å²) in [5.41, 5.74) is 1.05. The zero-order chi connectivity index (χ0) is 13.9. The highest BCUT2D eigenvalue weighted by Gasteiger charge is 2.11. The second-order valence-electron chi connectivity index (χ2n) is 4.11. The van der Waals surface area contributed by atoms with Crippen LogP contribution in [0.2, 0.25) is 0 Å². The smallest absolute Gasteiger partial charge is 0.234 e. The minimum absolute atomic E-state index is 0.0471. The highest BCUT2D eigenvalue weighted by atomic mass is 16.5. The number of ether oxygens (including phenoxy) is 2. The monoisotopic (exact) mass is 266 g/mol. The molecule has 1 unspecified atom stereocenters. The van der Waals surface area contributed by atoms with Crippen molar-refractivity contribution < 1.29 is 14.3 Å². The number of amides is 1. The minimum atomic E-state index is -0.121. The van der Waals surface area contributed by atoms with Crippen LogP contribution in [0.1, 0.15) is 11.7 Å². The molecule has 0 spiro atoms. The summed E-state index contributed by atoms with van der Waals surface area (Å²) in [6, 6.07) is 9.83. The molecule has 0 aliphatic rings. The first kappa shape index (κ1) is 15.6. The van der Waals surface area contributed by atoms with E-state index in [1.54, 1.807) is 14.2 Å². The van der Waals surface area contributed by atoms with Crippen molar-refractivity contribution in [3.05, 3.63) is 35.9 Å². The lowest BCUT2D eigenvalue weighted by Crippen LogP contribution is -2.37. The molecule has 0 aliphatic heterocycles. The quantitative estimate of drug-likeness (QED) is 0.647. The van der Waals surface area contributed by atoms with E-state index in [1.165, 1.54) is 0 Å². The van der Waals surface area contributed by atoms with E-state index in [2.05, 4.69) is 10.6 Å². The van der Waals surface area contributed by atoms with Crippen molar-refractivity contribution in [2.24, 2.45) is 0 Å². The molecule has 5 nitrogen and oxygen atoms in total. The van der Waals surface area contributed by atoms with E-state index in [0.717, 1.165) is 5.56 Å². The Hall–Kier alpha value is -1.43. The summed E-state index contributed by atoms with van der Waals surface area (Å²) >= 11 is 0. The molecular weight excluding hydrogens is 244 g/mol. The maximum atomic E-state index is 11.6. The third-order valence-electron chi connectivity index (χ3n) is 2.71. The van der Waals surface area contributed by atoms with Gasteiger partial charge in [0.25, 0.3) is 0 Å². The average Bonchev–Trinajstić information content (AvgIpc) is 2.45. The highest BCUT2D eigenvalue weighted by molar-refractivity contribution is 5.78. The van der Waals surface area contributed by atoms with Crippen LogP contribution in [0.15, 0.2) is 30.3 Å². The molecule has 0 radical (unpaired) electrons. The molecule has 0 heterocycles. The van der Waals surface area contributed by atoms with Crippen LogP contribution in [0.4, 0.5) is 0 Å². The Kier molecular flexibility index (Phi) is 7.81. The van der Waals surface area contributed by atoms with E-state index in [0.29, 0.717) is 19.7 Å². The number of hydrogen-bond acceptors (Lipinski definition) is 4. The normalized spacial score (nSPS) is 12.1. The molecule has 0 bridgehead atoms. The van der Waals surface area contributed by atoms with Crippen molar-refractivity contribution in [3.63, 3.8) is 0 Å². The maximum absolute atomic E-state index is 11.6. The van der Waals surface area contributed by atoms with Gasteiger partial charge in [-0.3, -0.25) is 4.79 Å². The Morgan fingerprint density at radius 2 is 2.00 bits per heavy atom. The van der Waals surface area contributed by atoms with Crippen LogP contribution in [0.3, 0.4) is 0 Å². The minimum Gasteiger partial charge on any atom is -0.383 e. The van der Waals surface area contributed by atoms with Crippen molar-refractivity contribution in [1.29, 1.82) is 0 Å². The fraction of sp³-hybridized carbons (Fsp3) is 0.500. The van der Waals surface area contributed by atoms with Gasteiger partial charge in [0.15, 0.2) is 0 Å². The molecule has 1 aromatic rings. The Morgan fingerprint density at radius 3 is 2.63 bits per heavy atom. The van der Waals surface area contributed by atoms with Gasteiger partial charge in [0.2, 0.25) is 5.91 Å². The number of methoxy groups -OCH3 is 2. The highest BCUT2D eigenvalue weighted by Crippen LogP contribution is 2.14. The second kappa shape index (κ2) is 9.49. The van der Waals surface area contributed by atoms with Crippen molar-refractivity contribution in [3.8, 4) is 0 Å². The second-order valence-corrected chi connectivity index (χ2v) is 4.11. The zero-order valence-corrected chi connectivity index (χ0v) is 11.5. The van der Waals surface area contributed by atoms with Crippen molar-refractivity contribution in [2.75, 3.05) is 40.5 Å². The molecule has 1 aromatic carbocycles. The third kappa shape index (κ3) is 6.33. The molecule has 0 aliphatic carbocycles. The summed E-state index contributed by atoms with van der Waals surface area (Å²) in [4.78, 5) is 11.6. The van der Waals surface area contributed by atoms with Gasteiger partial charge in [-0.25, -0.2) is 0 Å². The zero-order valence-electron chi connectivity index (χ0n) is 11.5. The first-order chi connectivity index (χ1) is 9.27. The van der Waals surface area contributed by atoms with Gasteiger partial charge in [0.05, 0.1) is 19.3 Å². The number of carbonyl (C=O) groups excluding carboxylic acids is 1. The van der Waals surface area contributed by atoms with Gasteiger partial charge >= 0.3 is 0 Å². The van der Waals surface area contributed by atoms with Crippen molar-refractivity contribution in [2.45, 2.75) is 6.10 Å².